The molecule has 0 radical (unpaired) electrons. The molecule has 4 heteroatoms. The molecule has 18 heavy (non-hydrogen) atoms. The standard InChI is InChI=1S/C14H11Br2ClO/c1-8-2-3-9(6-13(8)17)14(18)10-4-11(15)7-12(16)5-10/h2-7,14,18H,1H3. The molecule has 2 aromatic rings. The first-order valence-corrected chi connectivity index (χ1v) is 7.34. The molecular formula is C14H11Br2ClO. The van der Waals surface area contributed by atoms with Crippen molar-refractivity contribution in [3.05, 3.63) is 67.1 Å². The number of halogens is 3. The maximum absolute atomic E-state index is 10.4. The zero-order valence-corrected chi connectivity index (χ0v) is 13.6. The van der Waals surface area contributed by atoms with Crippen LogP contribution in [0.1, 0.15) is 22.8 Å². The molecule has 0 fully saturated rings. The maximum atomic E-state index is 10.4. The summed E-state index contributed by atoms with van der Waals surface area (Å²) in [4.78, 5) is 0. The number of aliphatic hydroxyl groups is 1. The highest BCUT2D eigenvalue weighted by Gasteiger charge is 2.12. The van der Waals surface area contributed by atoms with Gasteiger partial charge in [-0.05, 0) is 47.9 Å². The van der Waals surface area contributed by atoms with Crippen LogP contribution < -0.4 is 0 Å². The van der Waals surface area contributed by atoms with Crippen LogP contribution in [0.15, 0.2) is 45.3 Å². The summed E-state index contributed by atoms with van der Waals surface area (Å²) in [5, 5.41) is 11.0. The van der Waals surface area contributed by atoms with E-state index in [1.807, 2.05) is 37.3 Å². The zero-order valence-electron chi connectivity index (χ0n) is 9.62. The van der Waals surface area contributed by atoms with Gasteiger partial charge in [-0.15, -0.1) is 0 Å². The largest absolute Gasteiger partial charge is 0.384 e. The molecule has 0 aliphatic carbocycles. The van der Waals surface area contributed by atoms with Gasteiger partial charge in [0.15, 0.2) is 0 Å². The molecule has 0 aliphatic heterocycles. The Bertz CT molecular complexity index is 564. The van der Waals surface area contributed by atoms with Crippen LogP contribution in [0.2, 0.25) is 5.02 Å². The fourth-order valence-electron chi connectivity index (χ4n) is 1.70. The van der Waals surface area contributed by atoms with E-state index in [1.165, 1.54) is 0 Å². The Hall–Kier alpha value is -0.350. The molecule has 0 bridgehead atoms. The lowest BCUT2D eigenvalue weighted by molar-refractivity contribution is 0.220. The molecule has 94 valence electrons. The highest BCUT2D eigenvalue weighted by molar-refractivity contribution is 9.11. The third kappa shape index (κ3) is 3.15. The fourth-order valence-corrected chi connectivity index (χ4v) is 3.22. The van der Waals surface area contributed by atoms with Gasteiger partial charge in [-0.3, -0.25) is 0 Å². The molecular weight excluding hydrogens is 379 g/mol. The van der Waals surface area contributed by atoms with Crippen molar-refractivity contribution in [2.24, 2.45) is 0 Å². The third-order valence-corrected chi connectivity index (χ3v) is 4.04. The Labute approximate surface area is 128 Å². The molecule has 0 aliphatic rings. The van der Waals surface area contributed by atoms with Crippen LogP contribution in [0, 0.1) is 6.92 Å². The van der Waals surface area contributed by atoms with Crippen molar-refractivity contribution in [1.82, 2.24) is 0 Å². The molecule has 0 saturated heterocycles. The van der Waals surface area contributed by atoms with Crippen LogP contribution in [0.5, 0.6) is 0 Å². The van der Waals surface area contributed by atoms with Crippen LogP contribution in [-0.2, 0) is 0 Å². The van der Waals surface area contributed by atoms with Crippen LogP contribution in [0.4, 0.5) is 0 Å². The molecule has 1 atom stereocenters. The highest BCUT2D eigenvalue weighted by Crippen LogP contribution is 2.30. The summed E-state index contributed by atoms with van der Waals surface area (Å²) >= 11 is 12.9. The smallest absolute Gasteiger partial charge is 0.104 e. The summed E-state index contributed by atoms with van der Waals surface area (Å²) in [5.74, 6) is 0. The highest BCUT2D eigenvalue weighted by atomic mass is 79.9. The minimum Gasteiger partial charge on any atom is -0.384 e. The first-order valence-electron chi connectivity index (χ1n) is 5.37. The van der Waals surface area contributed by atoms with Gasteiger partial charge in [0, 0.05) is 14.0 Å². The summed E-state index contributed by atoms with van der Waals surface area (Å²) in [5.41, 5.74) is 2.61. The van der Waals surface area contributed by atoms with Crippen LogP contribution in [-0.4, -0.2) is 5.11 Å². The monoisotopic (exact) mass is 388 g/mol. The van der Waals surface area contributed by atoms with Crippen molar-refractivity contribution in [2.75, 3.05) is 0 Å². The predicted octanol–water partition coefficient (Wildman–Crippen LogP) is 5.26. The second kappa shape index (κ2) is 5.74. The van der Waals surface area contributed by atoms with Crippen molar-refractivity contribution < 1.29 is 5.11 Å². The first-order chi connectivity index (χ1) is 8.47. The second-order valence-corrected chi connectivity index (χ2v) is 6.35. The van der Waals surface area contributed by atoms with Gasteiger partial charge in [0.05, 0.1) is 0 Å². The lowest BCUT2D eigenvalue weighted by atomic mass is 10.0. The zero-order chi connectivity index (χ0) is 13.3. The fraction of sp³-hybridized carbons (Fsp3) is 0.143. The summed E-state index contributed by atoms with van der Waals surface area (Å²) in [6.07, 6.45) is -0.683. The van der Waals surface area contributed by atoms with Gasteiger partial charge < -0.3 is 5.11 Å². The molecule has 0 saturated carbocycles. The quantitative estimate of drug-likeness (QED) is 0.742. The van der Waals surface area contributed by atoms with E-state index in [4.69, 9.17) is 11.6 Å². The molecule has 2 rings (SSSR count). The van der Waals surface area contributed by atoms with Gasteiger partial charge >= 0.3 is 0 Å². The number of aliphatic hydroxyl groups excluding tert-OH is 1. The van der Waals surface area contributed by atoms with E-state index in [1.54, 1.807) is 6.07 Å². The lowest BCUT2D eigenvalue weighted by Crippen LogP contribution is -2.00. The van der Waals surface area contributed by atoms with Gasteiger partial charge in [-0.1, -0.05) is 55.6 Å². The molecule has 1 N–H and O–H groups in total. The minimum absolute atomic E-state index is 0.667. The molecule has 0 aromatic heterocycles. The number of hydrogen-bond donors (Lipinski definition) is 1. The SMILES string of the molecule is Cc1ccc(C(O)c2cc(Br)cc(Br)c2)cc1Cl. The Balaban J connectivity index is 2.40. The molecule has 2 aromatic carbocycles. The summed E-state index contributed by atoms with van der Waals surface area (Å²) < 4.78 is 1.84. The van der Waals surface area contributed by atoms with Crippen molar-refractivity contribution >= 4 is 43.5 Å². The van der Waals surface area contributed by atoms with E-state index in [0.29, 0.717) is 5.02 Å². The van der Waals surface area contributed by atoms with Crippen LogP contribution in [0.3, 0.4) is 0 Å². The van der Waals surface area contributed by atoms with E-state index >= 15 is 0 Å². The van der Waals surface area contributed by atoms with Crippen molar-refractivity contribution in [2.45, 2.75) is 13.0 Å². The second-order valence-electron chi connectivity index (χ2n) is 4.11. The van der Waals surface area contributed by atoms with E-state index in [-0.39, 0.29) is 0 Å². The average molecular weight is 391 g/mol. The van der Waals surface area contributed by atoms with Gasteiger partial charge in [0.25, 0.3) is 0 Å². The normalized spacial score (nSPS) is 12.5. The molecule has 1 unspecified atom stereocenters. The van der Waals surface area contributed by atoms with Crippen molar-refractivity contribution in [1.29, 1.82) is 0 Å². The molecule has 0 spiro atoms. The molecule has 0 heterocycles. The Morgan fingerprint density at radius 1 is 1.00 bits per heavy atom. The lowest BCUT2D eigenvalue weighted by Gasteiger charge is -2.13. The van der Waals surface area contributed by atoms with Gasteiger partial charge in [0.2, 0.25) is 0 Å². The van der Waals surface area contributed by atoms with Crippen molar-refractivity contribution in [3.8, 4) is 0 Å². The maximum Gasteiger partial charge on any atom is 0.104 e. The minimum atomic E-state index is -0.683. The third-order valence-electron chi connectivity index (χ3n) is 2.71. The summed E-state index contributed by atoms with van der Waals surface area (Å²) in [6, 6.07) is 11.3. The average Bonchev–Trinajstić information content (AvgIpc) is 2.30. The predicted molar refractivity (Wildman–Crippen MR) is 82.1 cm³/mol. The Morgan fingerprint density at radius 3 is 2.17 bits per heavy atom. The summed E-state index contributed by atoms with van der Waals surface area (Å²) in [7, 11) is 0. The van der Waals surface area contributed by atoms with Gasteiger partial charge in [-0.25, -0.2) is 0 Å². The number of rotatable bonds is 2. The summed E-state index contributed by atoms with van der Waals surface area (Å²) in [6.45, 7) is 1.94. The molecule has 1 nitrogen and oxygen atoms in total. The van der Waals surface area contributed by atoms with Crippen molar-refractivity contribution in [3.63, 3.8) is 0 Å². The Morgan fingerprint density at radius 2 is 1.61 bits per heavy atom. The number of benzene rings is 2. The van der Waals surface area contributed by atoms with E-state index < -0.39 is 6.10 Å². The molecule has 0 amide bonds. The van der Waals surface area contributed by atoms with E-state index in [0.717, 1.165) is 25.6 Å². The first kappa shape index (κ1) is 14.1. The topological polar surface area (TPSA) is 20.2 Å². The number of hydrogen-bond acceptors (Lipinski definition) is 1. The number of aryl methyl sites for hydroxylation is 1. The van der Waals surface area contributed by atoms with E-state index in [9.17, 15) is 5.11 Å². The Kier molecular flexibility index (Phi) is 4.49. The van der Waals surface area contributed by atoms with Gasteiger partial charge in [-0.2, -0.15) is 0 Å². The van der Waals surface area contributed by atoms with Crippen LogP contribution >= 0.6 is 43.5 Å². The van der Waals surface area contributed by atoms with Gasteiger partial charge in [0.1, 0.15) is 6.10 Å². The van der Waals surface area contributed by atoms with E-state index in [2.05, 4.69) is 31.9 Å². The van der Waals surface area contributed by atoms with Crippen LogP contribution in [0.25, 0.3) is 0 Å².